The maximum atomic E-state index is 12.2. The van der Waals surface area contributed by atoms with Crippen molar-refractivity contribution >= 4 is 5.91 Å². The number of hydrogen-bond donors (Lipinski definition) is 1. The Morgan fingerprint density at radius 3 is 2.94 bits per heavy atom. The Bertz CT molecular complexity index is 251. The number of likely N-dealkylation sites (tertiary alicyclic amines) is 1. The predicted octanol–water partition coefficient (Wildman–Crippen LogP) is 1.32. The molecule has 17 heavy (non-hydrogen) atoms. The van der Waals surface area contributed by atoms with Gasteiger partial charge in [-0.1, -0.05) is 0 Å². The molecule has 0 aromatic rings. The molecule has 0 aromatic carbocycles. The molecule has 2 heterocycles. The summed E-state index contributed by atoms with van der Waals surface area (Å²) in [5.74, 6) is 0.248. The van der Waals surface area contributed by atoms with Crippen molar-refractivity contribution in [2.24, 2.45) is 0 Å². The smallest absolute Gasteiger partial charge is 0.225 e. The lowest BCUT2D eigenvalue weighted by Crippen LogP contribution is -2.37. The molecule has 1 N–H and O–H groups in total. The van der Waals surface area contributed by atoms with Crippen molar-refractivity contribution in [2.45, 2.75) is 57.1 Å². The fourth-order valence-electron chi connectivity index (χ4n) is 2.91. The average Bonchev–Trinajstić information content (AvgIpc) is 2.96. The van der Waals surface area contributed by atoms with Crippen LogP contribution in [-0.2, 0) is 9.53 Å². The molecule has 0 bridgehead atoms. The molecule has 0 aliphatic carbocycles. The van der Waals surface area contributed by atoms with Crippen LogP contribution in [-0.4, -0.2) is 47.8 Å². The van der Waals surface area contributed by atoms with Crippen molar-refractivity contribution in [1.29, 1.82) is 0 Å². The molecule has 0 radical (unpaired) electrons. The molecule has 0 saturated carbocycles. The largest absolute Gasteiger partial charge is 0.396 e. The highest BCUT2D eigenvalue weighted by molar-refractivity contribution is 5.77. The van der Waals surface area contributed by atoms with Gasteiger partial charge in [0.25, 0.3) is 0 Å². The Balaban J connectivity index is 1.80. The Hall–Kier alpha value is -0.610. The van der Waals surface area contributed by atoms with Crippen LogP contribution >= 0.6 is 0 Å². The molecule has 2 rings (SSSR count). The van der Waals surface area contributed by atoms with Gasteiger partial charge in [0.1, 0.15) is 0 Å². The minimum atomic E-state index is 0.154. The van der Waals surface area contributed by atoms with Crippen molar-refractivity contribution in [3.05, 3.63) is 0 Å². The second kappa shape index (κ2) is 6.36. The zero-order chi connectivity index (χ0) is 12.1. The van der Waals surface area contributed by atoms with E-state index in [0.717, 1.165) is 51.7 Å². The van der Waals surface area contributed by atoms with E-state index in [-0.39, 0.29) is 18.6 Å². The number of amides is 1. The standard InChI is InChI=1S/C13H23NO3/c15-8-2-5-11-4-1-7-14(11)13(16)10-12-6-3-9-17-12/h11-12,15H,1-10H2. The molecule has 2 aliphatic rings. The molecule has 2 fully saturated rings. The summed E-state index contributed by atoms with van der Waals surface area (Å²) in [5.41, 5.74) is 0. The van der Waals surface area contributed by atoms with Crippen molar-refractivity contribution in [2.75, 3.05) is 19.8 Å². The fraction of sp³-hybridized carbons (Fsp3) is 0.923. The summed E-state index contributed by atoms with van der Waals surface area (Å²) in [6, 6.07) is 0.357. The normalized spacial score (nSPS) is 28.9. The molecule has 4 heteroatoms. The van der Waals surface area contributed by atoms with Gasteiger partial charge < -0.3 is 14.7 Å². The first-order chi connectivity index (χ1) is 8.31. The third-order valence-electron chi connectivity index (χ3n) is 3.82. The molecule has 2 unspecified atom stereocenters. The van der Waals surface area contributed by atoms with Crippen LogP contribution in [0, 0.1) is 0 Å². The van der Waals surface area contributed by atoms with E-state index in [1.165, 1.54) is 0 Å². The highest BCUT2D eigenvalue weighted by Gasteiger charge is 2.30. The molecule has 2 aliphatic heterocycles. The Labute approximate surface area is 103 Å². The number of aliphatic hydroxyl groups excluding tert-OH is 1. The fourth-order valence-corrected chi connectivity index (χ4v) is 2.91. The summed E-state index contributed by atoms with van der Waals surface area (Å²) >= 11 is 0. The van der Waals surface area contributed by atoms with E-state index in [1.807, 2.05) is 4.90 Å². The Morgan fingerprint density at radius 2 is 2.24 bits per heavy atom. The van der Waals surface area contributed by atoms with Gasteiger partial charge in [-0.15, -0.1) is 0 Å². The van der Waals surface area contributed by atoms with Gasteiger partial charge in [0.05, 0.1) is 12.5 Å². The van der Waals surface area contributed by atoms with Crippen molar-refractivity contribution in [3.63, 3.8) is 0 Å². The summed E-state index contributed by atoms with van der Waals surface area (Å²) in [4.78, 5) is 14.2. The van der Waals surface area contributed by atoms with Crippen molar-refractivity contribution in [1.82, 2.24) is 4.90 Å². The summed E-state index contributed by atoms with van der Waals surface area (Å²) in [6.45, 7) is 1.93. The van der Waals surface area contributed by atoms with E-state index in [1.54, 1.807) is 0 Å². The lowest BCUT2D eigenvalue weighted by molar-refractivity contribution is -0.134. The van der Waals surface area contributed by atoms with Gasteiger partial charge >= 0.3 is 0 Å². The topological polar surface area (TPSA) is 49.8 Å². The number of rotatable bonds is 5. The molecule has 1 amide bonds. The summed E-state index contributed by atoms with van der Waals surface area (Å²) in [5, 5.41) is 8.86. The van der Waals surface area contributed by atoms with Gasteiger partial charge in [0.15, 0.2) is 0 Å². The molecular formula is C13H23NO3. The average molecular weight is 241 g/mol. The van der Waals surface area contributed by atoms with Crippen molar-refractivity contribution in [3.8, 4) is 0 Å². The number of aliphatic hydroxyl groups is 1. The lowest BCUT2D eigenvalue weighted by Gasteiger charge is -2.25. The number of nitrogens with zero attached hydrogens (tertiary/aromatic N) is 1. The first kappa shape index (κ1) is 12.8. The van der Waals surface area contributed by atoms with Crippen molar-refractivity contribution < 1.29 is 14.6 Å². The summed E-state index contributed by atoms with van der Waals surface area (Å²) in [7, 11) is 0. The molecule has 2 atom stereocenters. The molecule has 4 nitrogen and oxygen atoms in total. The van der Waals surface area contributed by atoms with E-state index in [4.69, 9.17) is 9.84 Å². The molecule has 2 saturated heterocycles. The van der Waals surface area contributed by atoms with E-state index in [2.05, 4.69) is 0 Å². The Morgan fingerprint density at radius 1 is 1.35 bits per heavy atom. The summed E-state index contributed by atoms with van der Waals surface area (Å²) in [6.07, 6.45) is 6.76. The highest BCUT2D eigenvalue weighted by Crippen LogP contribution is 2.24. The monoisotopic (exact) mass is 241 g/mol. The van der Waals surface area contributed by atoms with Crippen LogP contribution in [0.5, 0.6) is 0 Å². The molecule has 98 valence electrons. The number of ether oxygens (including phenoxy) is 1. The van der Waals surface area contributed by atoms with E-state index >= 15 is 0 Å². The molecular weight excluding hydrogens is 218 g/mol. The van der Waals surface area contributed by atoms with Gasteiger partial charge in [-0.05, 0) is 38.5 Å². The third kappa shape index (κ3) is 3.42. The van der Waals surface area contributed by atoms with Crippen LogP contribution in [0.2, 0.25) is 0 Å². The number of carbonyl (C=O) groups excluding carboxylic acids is 1. The van der Waals surface area contributed by atoms with E-state index in [0.29, 0.717) is 12.5 Å². The maximum absolute atomic E-state index is 12.2. The quantitative estimate of drug-likeness (QED) is 0.789. The van der Waals surface area contributed by atoms with Gasteiger partial charge in [-0.3, -0.25) is 4.79 Å². The zero-order valence-electron chi connectivity index (χ0n) is 10.4. The van der Waals surface area contributed by atoms with Gasteiger partial charge in [-0.2, -0.15) is 0 Å². The second-order valence-corrected chi connectivity index (χ2v) is 5.09. The molecule has 0 aromatic heterocycles. The molecule has 0 spiro atoms. The first-order valence-corrected chi connectivity index (χ1v) is 6.83. The van der Waals surface area contributed by atoms with Crippen LogP contribution in [0.25, 0.3) is 0 Å². The van der Waals surface area contributed by atoms with Crippen LogP contribution in [0.15, 0.2) is 0 Å². The highest BCUT2D eigenvalue weighted by atomic mass is 16.5. The number of carbonyl (C=O) groups is 1. The first-order valence-electron chi connectivity index (χ1n) is 6.83. The predicted molar refractivity (Wildman–Crippen MR) is 64.6 cm³/mol. The third-order valence-corrected chi connectivity index (χ3v) is 3.82. The van der Waals surface area contributed by atoms with Crippen LogP contribution in [0.4, 0.5) is 0 Å². The maximum Gasteiger partial charge on any atom is 0.225 e. The van der Waals surface area contributed by atoms with Crippen LogP contribution in [0.3, 0.4) is 0 Å². The van der Waals surface area contributed by atoms with Crippen LogP contribution < -0.4 is 0 Å². The van der Waals surface area contributed by atoms with Crippen LogP contribution in [0.1, 0.15) is 44.9 Å². The minimum Gasteiger partial charge on any atom is -0.396 e. The van der Waals surface area contributed by atoms with Gasteiger partial charge in [0, 0.05) is 25.8 Å². The summed E-state index contributed by atoms with van der Waals surface area (Å²) < 4.78 is 5.51. The second-order valence-electron chi connectivity index (χ2n) is 5.09. The SMILES string of the molecule is O=C(CC1CCCO1)N1CCCC1CCCO. The number of hydrogen-bond acceptors (Lipinski definition) is 3. The zero-order valence-corrected chi connectivity index (χ0v) is 10.4. The van der Waals surface area contributed by atoms with Gasteiger partial charge in [0.2, 0.25) is 5.91 Å². The van der Waals surface area contributed by atoms with Gasteiger partial charge in [-0.25, -0.2) is 0 Å². The Kier molecular flexibility index (Phi) is 4.80. The van der Waals surface area contributed by atoms with E-state index in [9.17, 15) is 4.79 Å². The minimum absolute atomic E-state index is 0.154. The lowest BCUT2D eigenvalue weighted by atomic mass is 10.1. The van der Waals surface area contributed by atoms with E-state index < -0.39 is 0 Å².